The molecule has 0 amide bonds. The molecule has 2 aromatic carbocycles. The van der Waals surface area contributed by atoms with E-state index in [9.17, 15) is 0 Å². The van der Waals surface area contributed by atoms with Crippen LogP contribution in [0.1, 0.15) is 24.9 Å². The van der Waals surface area contributed by atoms with Gasteiger partial charge in [-0.25, -0.2) is 0 Å². The van der Waals surface area contributed by atoms with Crippen LogP contribution in [0.25, 0.3) is 0 Å². The van der Waals surface area contributed by atoms with Crippen LogP contribution >= 0.6 is 31.9 Å². The number of hydrogen-bond acceptors (Lipinski definition) is 1. The van der Waals surface area contributed by atoms with Gasteiger partial charge in [-0.3, -0.25) is 0 Å². The summed E-state index contributed by atoms with van der Waals surface area (Å²) in [4.78, 5) is 0. The van der Waals surface area contributed by atoms with Crippen molar-refractivity contribution in [1.29, 1.82) is 0 Å². The summed E-state index contributed by atoms with van der Waals surface area (Å²) in [6.07, 6.45) is 1.04. The monoisotopic (exact) mass is 367 g/mol. The van der Waals surface area contributed by atoms with E-state index in [1.807, 2.05) is 18.2 Å². The van der Waals surface area contributed by atoms with E-state index in [1.54, 1.807) is 0 Å². The first-order valence-electron chi connectivity index (χ1n) is 5.97. The third kappa shape index (κ3) is 3.36. The Morgan fingerprint density at radius 3 is 2.44 bits per heavy atom. The van der Waals surface area contributed by atoms with Gasteiger partial charge in [-0.2, -0.15) is 0 Å². The van der Waals surface area contributed by atoms with Crippen molar-refractivity contribution in [2.45, 2.75) is 19.4 Å². The van der Waals surface area contributed by atoms with Crippen molar-refractivity contribution in [3.63, 3.8) is 0 Å². The summed E-state index contributed by atoms with van der Waals surface area (Å²) in [6.45, 7) is 2.19. The van der Waals surface area contributed by atoms with Crippen molar-refractivity contribution >= 4 is 37.5 Å². The summed E-state index contributed by atoms with van der Waals surface area (Å²) in [7, 11) is 0. The number of anilines is 1. The molecule has 3 heteroatoms. The molecule has 0 spiro atoms. The molecule has 1 atom stereocenters. The van der Waals surface area contributed by atoms with Gasteiger partial charge in [0.25, 0.3) is 0 Å². The summed E-state index contributed by atoms with van der Waals surface area (Å²) in [5, 5.41) is 3.58. The summed E-state index contributed by atoms with van der Waals surface area (Å²) in [5.41, 5.74) is 2.42. The fourth-order valence-corrected chi connectivity index (χ4v) is 2.62. The van der Waals surface area contributed by atoms with Gasteiger partial charge in [-0.1, -0.05) is 53.2 Å². The van der Waals surface area contributed by atoms with E-state index in [2.05, 4.69) is 74.4 Å². The van der Waals surface area contributed by atoms with Gasteiger partial charge in [0.1, 0.15) is 0 Å². The molecule has 2 aromatic rings. The predicted molar refractivity (Wildman–Crippen MR) is 84.9 cm³/mol. The zero-order valence-corrected chi connectivity index (χ0v) is 13.3. The average molecular weight is 369 g/mol. The van der Waals surface area contributed by atoms with Gasteiger partial charge in [0.15, 0.2) is 0 Å². The highest BCUT2D eigenvalue weighted by atomic mass is 79.9. The molecule has 2 rings (SSSR count). The Bertz CT molecular complexity index is 511. The normalized spacial score (nSPS) is 12.2. The van der Waals surface area contributed by atoms with Gasteiger partial charge < -0.3 is 5.32 Å². The molecule has 0 saturated carbocycles. The summed E-state index contributed by atoms with van der Waals surface area (Å²) >= 11 is 7.08. The fraction of sp³-hybridized carbons (Fsp3) is 0.200. The van der Waals surface area contributed by atoms with Crippen LogP contribution in [-0.4, -0.2) is 0 Å². The average Bonchev–Trinajstić information content (AvgIpc) is 2.41. The minimum absolute atomic E-state index is 0.330. The van der Waals surface area contributed by atoms with Crippen LogP contribution in [0, 0.1) is 0 Å². The van der Waals surface area contributed by atoms with E-state index < -0.39 is 0 Å². The van der Waals surface area contributed by atoms with Crippen molar-refractivity contribution in [1.82, 2.24) is 0 Å². The summed E-state index contributed by atoms with van der Waals surface area (Å²) < 4.78 is 2.16. The number of nitrogens with one attached hydrogen (secondary N) is 1. The second-order valence-corrected chi connectivity index (χ2v) is 5.91. The Morgan fingerprint density at radius 2 is 1.78 bits per heavy atom. The molecule has 1 nitrogen and oxygen atoms in total. The topological polar surface area (TPSA) is 12.0 Å². The molecule has 0 aliphatic rings. The van der Waals surface area contributed by atoms with Crippen molar-refractivity contribution in [2.75, 3.05) is 5.32 Å². The second-order valence-electron chi connectivity index (χ2n) is 4.14. The standard InChI is InChI=1S/C15H15Br2N/c1-2-14(11-6-4-3-5-7-11)18-15-10-12(16)8-9-13(15)17/h3-10,14,18H,2H2,1H3. The third-order valence-electron chi connectivity index (χ3n) is 2.87. The lowest BCUT2D eigenvalue weighted by atomic mass is 10.0. The van der Waals surface area contributed by atoms with E-state index >= 15 is 0 Å². The van der Waals surface area contributed by atoms with Gasteiger partial charge in [0.2, 0.25) is 0 Å². The maximum atomic E-state index is 3.58. The Kier molecular flexibility index (Phi) is 4.84. The summed E-state index contributed by atoms with van der Waals surface area (Å²) in [5.74, 6) is 0. The van der Waals surface area contributed by atoms with Gasteiger partial charge in [-0.05, 0) is 46.1 Å². The maximum absolute atomic E-state index is 3.58. The summed E-state index contributed by atoms with van der Waals surface area (Å²) in [6, 6.07) is 17.0. The third-order valence-corrected chi connectivity index (χ3v) is 4.05. The molecule has 18 heavy (non-hydrogen) atoms. The molecule has 1 N–H and O–H groups in total. The maximum Gasteiger partial charge on any atom is 0.0511 e. The zero-order valence-electron chi connectivity index (χ0n) is 10.2. The lowest BCUT2D eigenvalue weighted by Gasteiger charge is -2.20. The van der Waals surface area contributed by atoms with Gasteiger partial charge in [-0.15, -0.1) is 0 Å². The highest BCUT2D eigenvalue weighted by molar-refractivity contribution is 9.11. The van der Waals surface area contributed by atoms with E-state index in [0.717, 1.165) is 21.1 Å². The van der Waals surface area contributed by atoms with Gasteiger partial charge in [0, 0.05) is 8.95 Å². The largest absolute Gasteiger partial charge is 0.377 e. The Labute approximate surface area is 125 Å². The van der Waals surface area contributed by atoms with E-state index in [1.165, 1.54) is 5.56 Å². The molecular formula is C15H15Br2N. The SMILES string of the molecule is CCC(Nc1cc(Br)ccc1Br)c1ccccc1. The van der Waals surface area contributed by atoms with E-state index in [4.69, 9.17) is 0 Å². The van der Waals surface area contributed by atoms with Gasteiger partial charge >= 0.3 is 0 Å². The smallest absolute Gasteiger partial charge is 0.0511 e. The Balaban J connectivity index is 2.23. The van der Waals surface area contributed by atoms with E-state index in [0.29, 0.717) is 6.04 Å². The number of hydrogen-bond donors (Lipinski definition) is 1. The van der Waals surface area contributed by atoms with Crippen LogP contribution in [0.4, 0.5) is 5.69 Å². The predicted octanol–water partition coefficient (Wildman–Crippen LogP) is 5.77. The molecule has 0 aliphatic heterocycles. The first-order valence-corrected chi connectivity index (χ1v) is 7.56. The minimum atomic E-state index is 0.330. The molecule has 0 aliphatic carbocycles. The van der Waals surface area contributed by atoms with Crippen molar-refractivity contribution in [3.05, 3.63) is 63.0 Å². The van der Waals surface area contributed by atoms with Crippen molar-refractivity contribution < 1.29 is 0 Å². The quantitative estimate of drug-likeness (QED) is 0.721. The highest BCUT2D eigenvalue weighted by Crippen LogP contribution is 2.30. The molecule has 94 valence electrons. The van der Waals surface area contributed by atoms with Crippen LogP contribution in [-0.2, 0) is 0 Å². The van der Waals surface area contributed by atoms with Crippen LogP contribution in [0.15, 0.2) is 57.5 Å². The number of benzene rings is 2. The number of rotatable bonds is 4. The number of halogens is 2. The lowest BCUT2D eigenvalue weighted by molar-refractivity contribution is 0.749. The molecule has 0 saturated heterocycles. The molecule has 0 heterocycles. The molecule has 0 bridgehead atoms. The lowest BCUT2D eigenvalue weighted by Crippen LogP contribution is -2.09. The van der Waals surface area contributed by atoms with Crippen LogP contribution < -0.4 is 5.32 Å². The van der Waals surface area contributed by atoms with Gasteiger partial charge in [0.05, 0.1) is 11.7 Å². The van der Waals surface area contributed by atoms with Crippen LogP contribution in [0.3, 0.4) is 0 Å². The Hall–Kier alpha value is -0.800. The zero-order chi connectivity index (χ0) is 13.0. The first-order chi connectivity index (χ1) is 8.70. The first kappa shape index (κ1) is 13.6. The molecule has 1 unspecified atom stereocenters. The fourth-order valence-electron chi connectivity index (χ4n) is 1.90. The minimum Gasteiger partial charge on any atom is -0.377 e. The Morgan fingerprint density at radius 1 is 1.06 bits per heavy atom. The highest BCUT2D eigenvalue weighted by Gasteiger charge is 2.10. The molecule has 0 fully saturated rings. The van der Waals surface area contributed by atoms with Crippen molar-refractivity contribution in [2.24, 2.45) is 0 Å². The molecule has 0 radical (unpaired) electrons. The van der Waals surface area contributed by atoms with Crippen LogP contribution in [0.5, 0.6) is 0 Å². The van der Waals surface area contributed by atoms with Crippen LogP contribution in [0.2, 0.25) is 0 Å². The second kappa shape index (κ2) is 6.39. The molecular weight excluding hydrogens is 354 g/mol. The van der Waals surface area contributed by atoms with E-state index in [-0.39, 0.29) is 0 Å². The molecule has 0 aromatic heterocycles. The van der Waals surface area contributed by atoms with Crippen molar-refractivity contribution in [3.8, 4) is 0 Å².